The second-order valence-electron chi connectivity index (χ2n) is 4.45. The van der Waals surface area contributed by atoms with Gasteiger partial charge in [0, 0.05) is 6.20 Å². The quantitative estimate of drug-likeness (QED) is 0.861. The van der Waals surface area contributed by atoms with Gasteiger partial charge in [-0.25, -0.2) is 4.68 Å². The van der Waals surface area contributed by atoms with Gasteiger partial charge in [-0.2, -0.15) is 18.3 Å². The van der Waals surface area contributed by atoms with Crippen LogP contribution < -0.4 is 0 Å². The Balaban J connectivity index is 2.60. The lowest BCUT2D eigenvalue weighted by molar-refractivity contribution is -0.141. The van der Waals surface area contributed by atoms with Crippen LogP contribution in [0.1, 0.15) is 22.4 Å². The second-order valence-corrected chi connectivity index (χ2v) is 4.45. The summed E-state index contributed by atoms with van der Waals surface area (Å²) in [6.45, 7) is 5.42. The molecule has 0 saturated carbocycles. The largest absolute Gasteiger partial charge is 0.506 e. The van der Waals surface area contributed by atoms with Crippen molar-refractivity contribution in [3.63, 3.8) is 0 Å². The maximum atomic E-state index is 12.5. The minimum absolute atomic E-state index is 0.0857. The molecular weight excluding hydrogens is 257 g/mol. The molecule has 19 heavy (non-hydrogen) atoms. The number of aromatic nitrogens is 2. The third kappa shape index (κ3) is 2.30. The molecule has 1 aromatic heterocycles. The average Bonchev–Trinajstić information content (AvgIpc) is 2.75. The molecule has 0 aliphatic rings. The second kappa shape index (κ2) is 4.29. The van der Waals surface area contributed by atoms with Crippen LogP contribution in [-0.4, -0.2) is 14.9 Å². The van der Waals surface area contributed by atoms with E-state index >= 15 is 0 Å². The van der Waals surface area contributed by atoms with Crippen LogP contribution >= 0.6 is 0 Å². The maximum Gasteiger partial charge on any atom is 0.435 e. The summed E-state index contributed by atoms with van der Waals surface area (Å²) in [4.78, 5) is 0. The third-order valence-corrected chi connectivity index (χ3v) is 3.21. The summed E-state index contributed by atoms with van der Waals surface area (Å²) in [6, 6.07) is 2.40. The average molecular weight is 270 g/mol. The molecule has 1 heterocycles. The van der Waals surface area contributed by atoms with Gasteiger partial charge < -0.3 is 5.11 Å². The van der Waals surface area contributed by atoms with E-state index in [0.717, 1.165) is 21.9 Å². The van der Waals surface area contributed by atoms with Crippen molar-refractivity contribution < 1.29 is 18.3 Å². The van der Waals surface area contributed by atoms with Gasteiger partial charge in [-0.3, -0.25) is 0 Å². The Kier molecular flexibility index (Phi) is 3.04. The Labute approximate surface area is 108 Å². The lowest BCUT2D eigenvalue weighted by Crippen LogP contribution is -2.08. The van der Waals surface area contributed by atoms with E-state index in [1.807, 2.05) is 13.8 Å². The number of halogens is 3. The van der Waals surface area contributed by atoms with Gasteiger partial charge in [0.1, 0.15) is 11.4 Å². The molecule has 0 aliphatic carbocycles. The van der Waals surface area contributed by atoms with E-state index in [4.69, 9.17) is 0 Å². The van der Waals surface area contributed by atoms with Crippen molar-refractivity contribution in [2.45, 2.75) is 26.9 Å². The number of phenols is 1. The Morgan fingerprint density at radius 2 is 1.79 bits per heavy atom. The first-order valence-corrected chi connectivity index (χ1v) is 5.65. The number of hydrogen-bond donors (Lipinski definition) is 1. The summed E-state index contributed by atoms with van der Waals surface area (Å²) in [5.74, 6) is -0.0857. The third-order valence-electron chi connectivity index (χ3n) is 3.21. The van der Waals surface area contributed by atoms with E-state index < -0.39 is 11.9 Å². The normalized spacial score (nSPS) is 11.9. The smallest absolute Gasteiger partial charge is 0.435 e. The van der Waals surface area contributed by atoms with Crippen LogP contribution in [0.25, 0.3) is 5.69 Å². The topological polar surface area (TPSA) is 38.0 Å². The lowest BCUT2D eigenvalue weighted by atomic mass is 10.0. The number of alkyl halides is 3. The van der Waals surface area contributed by atoms with Crippen molar-refractivity contribution in [1.29, 1.82) is 0 Å². The standard InChI is InChI=1S/C13H13F3N2O/c1-7-6-10(19)12(9(3)8(7)2)18-5-4-11(17-18)13(14,15)16/h4-6,19H,1-3H3. The Morgan fingerprint density at radius 1 is 1.16 bits per heavy atom. The fourth-order valence-corrected chi connectivity index (χ4v) is 1.94. The van der Waals surface area contributed by atoms with Crippen molar-refractivity contribution in [2.24, 2.45) is 0 Å². The molecule has 102 valence electrons. The number of rotatable bonds is 1. The van der Waals surface area contributed by atoms with Crippen molar-refractivity contribution in [1.82, 2.24) is 9.78 Å². The van der Waals surface area contributed by atoms with Crippen molar-refractivity contribution in [3.05, 3.63) is 40.7 Å². The molecular formula is C13H13F3N2O. The summed E-state index contributed by atoms with van der Waals surface area (Å²) in [7, 11) is 0. The molecule has 2 aromatic rings. The van der Waals surface area contributed by atoms with E-state index in [0.29, 0.717) is 5.56 Å². The molecule has 1 N–H and O–H groups in total. The molecule has 0 bridgehead atoms. The van der Waals surface area contributed by atoms with Gasteiger partial charge in [0.2, 0.25) is 0 Å². The Hall–Kier alpha value is -1.98. The monoisotopic (exact) mass is 270 g/mol. The number of aryl methyl sites for hydroxylation is 1. The van der Waals surface area contributed by atoms with Gasteiger partial charge in [0.25, 0.3) is 0 Å². The zero-order chi connectivity index (χ0) is 14.4. The van der Waals surface area contributed by atoms with Crippen LogP contribution in [0.4, 0.5) is 13.2 Å². The van der Waals surface area contributed by atoms with Crippen LogP contribution in [0.15, 0.2) is 18.3 Å². The fourth-order valence-electron chi connectivity index (χ4n) is 1.94. The van der Waals surface area contributed by atoms with Crippen molar-refractivity contribution in [3.8, 4) is 11.4 Å². The molecule has 0 fully saturated rings. The molecule has 0 aliphatic heterocycles. The fraction of sp³-hybridized carbons (Fsp3) is 0.308. The van der Waals surface area contributed by atoms with E-state index in [-0.39, 0.29) is 11.4 Å². The zero-order valence-electron chi connectivity index (χ0n) is 10.7. The summed E-state index contributed by atoms with van der Waals surface area (Å²) in [5, 5.41) is 13.4. The summed E-state index contributed by atoms with van der Waals surface area (Å²) in [5.41, 5.74) is 1.79. The highest BCUT2D eigenvalue weighted by molar-refractivity contribution is 5.57. The number of benzene rings is 1. The Bertz CT molecular complexity index is 630. The van der Waals surface area contributed by atoms with Gasteiger partial charge in [-0.15, -0.1) is 0 Å². The number of hydrogen-bond acceptors (Lipinski definition) is 2. The molecule has 2 rings (SSSR count). The van der Waals surface area contributed by atoms with Gasteiger partial charge in [-0.1, -0.05) is 0 Å². The summed E-state index contributed by atoms with van der Waals surface area (Å²) < 4.78 is 38.6. The highest BCUT2D eigenvalue weighted by atomic mass is 19.4. The van der Waals surface area contributed by atoms with E-state index in [1.54, 1.807) is 6.92 Å². The van der Waals surface area contributed by atoms with Crippen LogP contribution in [0, 0.1) is 20.8 Å². The first kappa shape index (κ1) is 13.5. The first-order chi connectivity index (χ1) is 8.71. The van der Waals surface area contributed by atoms with Crippen LogP contribution in [0.3, 0.4) is 0 Å². The summed E-state index contributed by atoms with van der Waals surface area (Å²) in [6.07, 6.45) is -3.30. The highest BCUT2D eigenvalue weighted by Crippen LogP contribution is 2.32. The Morgan fingerprint density at radius 3 is 2.32 bits per heavy atom. The molecule has 0 saturated heterocycles. The number of aromatic hydroxyl groups is 1. The van der Waals surface area contributed by atoms with Gasteiger partial charge in [-0.05, 0) is 49.6 Å². The molecule has 3 nitrogen and oxygen atoms in total. The van der Waals surface area contributed by atoms with E-state index in [1.165, 1.54) is 12.3 Å². The van der Waals surface area contributed by atoms with Crippen LogP contribution in [-0.2, 0) is 6.18 Å². The van der Waals surface area contributed by atoms with Crippen LogP contribution in [0.5, 0.6) is 5.75 Å². The molecule has 0 unspecified atom stereocenters. The van der Waals surface area contributed by atoms with Crippen molar-refractivity contribution >= 4 is 0 Å². The SMILES string of the molecule is Cc1cc(O)c(-n2ccc(C(F)(F)F)n2)c(C)c1C. The maximum absolute atomic E-state index is 12.5. The minimum atomic E-state index is -4.49. The van der Waals surface area contributed by atoms with E-state index in [9.17, 15) is 18.3 Å². The first-order valence-electron chi connectivity index (χ1n) is 5.65. The van der Waals surface area contributed by atoms with Crippen molar-refractivity contribution in [2.75, 3.05) is 0 Å². The van der Waals surface area contributed by atoms with Gasteiger partial charge in [0.05, 0.1) is 0 Å². The summed E-state index contributed by atoms with van der Waals surface area (Å²) >= 11 is 0. The zero-order valence-corrected chi connectivity index (χ0v) is 10.7. The molecule has 0 atom stereocenters. The number of nitrogens with zero attached hydrogens (tertiary/aromatic N) is 2. The van der Waals surface area contributed by atoms with Gasteiger partial charge in [0.15, 0.2) is 5.69 Å². The number of phenolic OH excluding ortho intramolecular Hbond substituents is 1. The molecule has 1 aromatic carbocycles. The predicted molar refractivity (Wildman–Crippen MR) is 64.4 cm³/mol. The van der Waals surface area contributed by atoms with Crippen LogP contribution in [0.2, 0.25) is 0 Å². The minimum Gasteiger partial charge on any atom is -0.506 e. The molecule has 0 spiro atoms. The van der Waals surface area contributed by atoms with Gasteiger partial charge >= 0.3 is 6.18 Å². The highest BCUT2D eigenvalue weighted by Gasteiger charge is 2.34. The predicted octanol–water partition coefficient (Wildman–Crippen LogP) is 3.52. The molecule has 6 heteroatoms. The lowest BCUT2D eigenvalue weighted by Gasteiger charge is -2.13. The molecule has 0 radical (unpaired) electrons. The van der Waals surface area contributed by atoms with E-state index in [2.05, 4.69) is 5.10 Å². The molecule has 0 amide bonds.